The molecule has 0 radical (unpaired) electrons. The van der Waals surface area contributed by atoms with E-state index in [2.05, 4.69) is 5.32 Å². The van der Waals surface area contributed by atoms with Crippen LogP contribution in [-0.4, -0.2) is 36.6 Å². The lowest BCUT2D eigenvalue weighted by molar-refractivity contribution is -0.141. The third kappa shape index (κ3) is 6.83. The maximum Gasteiger partial charge on any atom is 0.408 e. The lowest BCUT2D eigenvalue weighted by Crippen LogP contribution is -2.36. The predicted octanol–water partition coefficient (Wildman–Crippen LogP) is 2.08. The van der Waals surface area contributed by atoms with Crippen molar-refractivity contribution in [2.45, 2.75) is 26.4 Å². The van der Waals surface area contributed by atoms with Gasteiger partial charge in [0.15, 0.2) is 12.4 Å². The van der Waals surface area contributed by atoms with Gasteiger partial charge in [0.2, 0.25) is 0 Å². The van der Waals surface area contributed by atoms with E-state index in [9.17, 15) is 18.8 Å². The summed E-state index contributed by atoms with van der Waals surface area (Å²) in [5, 5.41) is 2.20. The zero-order chi connectivity index (χ0) is 16.8. The highest BCUT2D eigenvalue weighted by molar-refractivity contribution is 5.98. The number of carbonyl (C=O) groups is 3. The van der Waals surface area contributed by atoms with E-state index in [4.69, 9.17) is 9.47 Å². The third-order valence-corrected chi connectivity index (χ3v) is 2.29. The maximum absolute atomic E-state index is 12.9. The molecule has 6 nitrogen and oxygen atoms in total. The summed E-state index contributed by atoms with van der Waals surface area (Å²) in [6.07, 6.45) is -0.763. The van der Waals surface area contributed by atoms with E-state index < -0.39 is 42.4 Å². The van der Waals surface area contributed by atoms with Gasteiger partial charge in [-0.15, -0.1) is 0 Å². The molecule has 1 N–H and O–H groups in total. The molecule has 0 saturated heterocycles. The molecule has 0 bridgehead atoms. The number of carbonyl (C=O) groups excluding carboxylic acids is 3. The summed E-state index contributed by atoms with van der Waals surface area (Å²) in [6.45, 7) is 4.09. The van der Waals surface area contributed by atoms with Crippen LogP contribution in [0.1, 0.15) is 31.1 Å². The topological polar surface area (TPSA) is 81.7 Å². The number of amides is 1. The molecule has 0 unspecified atom stereocenters. The van der Waals surface area contributed by atoms with Crippen molar-refractivity contribution in [3.05, 3.63) is 35.6 Å². The summed E-state index contributed by atoms with van der Waals surface area (Å²) in [6, 6.07) is 5.05. The number of hydrogen-bond acceptors (Lipinski definition) is 5. The quantitative estimate of drug-likeness (QED) is 0.665. The Kier molecular flexibility index (Phi) is 6.03. The Balaban J connectivity index is 2.34. The van der Waals surface area contributed by atoms with Crippen LogP contribution in [0.2, 0.25) is 0 Å². The lowest BCUT2D eigenvalue weighted by atomic mass is 10.1. The molecule has 120 valence electrons. The summed E-state index contributed by atoms with van der Waals surface area (Å²) < 4.78 is 22.6. The van der Waals surface area contributed by atoms with Crippen molar-refractivity contribution in [3.63, 3.8) is 0 Å². The van der Waals surface area contributed by atoms with E-state index in [-0.39, 0.29) is 5.56 Å². The number of ether oxygens (including phenoxy) is 2. The monoisotopic (exact) mass is 311 g/mol. The third-order valence-electron chi connectivity index (χ3n) is 2.29. The van der Waals surface area contributed by atoms with Crippen LogP contribution in [0, 0.1) is 5.82 Å². The Labute approximate surface area is 127 Å². The van der Waals surface area contributed by atoms with Crippen LogP contribution in [0.5, 0.6) is 0 Å². The summed E-state index contributed by atoms with van der Waals surface area (Å²) >= 11 is 0. The average molecular weight is 311 g/mol. The molecule has 7 heteroatoms. The van der Waals surface area contributed by atoms with Crippen molar-refractivity contribution in [2.75, 3.05) is 13.2 Å². The molecule has 22 heavy (non-hydrogen) atoms. The van der Waals surface area contributed by atoms with Crippen LogP contribution in [0.4, 0.5) is 9.18 Å². The Morgan fingerprint density at radius 3 is 2.50 bits per heavy atom. The second-order valence-corrected chi connectivity index (χ2v) is 5.45. The molecule has 1 aromatic rings. The molecule has 0 heterocycles. The molecule has 0 aliphatic heterocycles. The number of ketones is 1. The molecule has 1 aromatic carbocycles. The Hall–Kier alpha value is -2.44. The number of alkyl carbamates (subject to hydrolysis) is 1. The number of Topliss-reactive ketones (excluding diaryl/α,β-unsaturated/α-hetero) is 1. The standard InChI is InChI=1S/C15H18FNO5/c1-15(2,3)22-14(20)17-8-13(19)21-9-12(18)10-5-4-6-11(16)7-10/h4-7H,8-9H2,1-3H3,(H,17,20). The van der Waals surface area contributed by atoms with Crippen molar-refractivity contribution < 1.29 is 28.2 Å². The van der Waals surface area contributed by atoms with Gasteiger partial charge in [-0.2, -0.15) is 0 Å². The van der Waals surface area contributed by atoms with Gasteiger partial charge in [0.25, 0.3) is 0 Å². The molecule has 0 spiro atoms. The summed E-state index contributed by atoms with van der Waals surface area (Å²) in [5.41, 5.74) is -0.575. The van der Waals surface area contributed by atoms with Crippen LogP contribution >= 0.6 is 0 Å². The largest absolute Gasteiger partial charge is 0.456 e. The smallest absolute Gasteiger partial charge is 0.408 e. The number of rotatable bonds is 5. The molecule has 0 aromatic heterocycles. The van der Waals surface area contributed by atoms with Crippen molar-refractivity contribution in [1.82, 2.24) is 5.32 Å². The van der Waals surface area contributed by atoms with Crippen molar-refractivity contribution in [1.29, 1.82) is 0 Å². The fourth-order valence-corrected chi connectivity index (χ4v) is 1.40. The minimum atomic E-state index is -0.796. The highest BCUT2D eigenvalue weighted by Gasteiger charge is 2.17. The molecular formula is C15H18FNO5. The Bertz CT molecular complexity index is 565. The fourth-order valence-electron chi connectivity index (χ4n) is 1.40. The molecule has 0 atom stereocenters. The first-order valence-corrected chi connectivity index (χ1v) is 6.58. The minimum absolute atomic E-state index is 0.105. The van der Waals surface area contributed by atoms with Crippen LogP contribution in [-0.2, 0) is 14.3 Å². The first kappa shape index (κ1) is 17.6. The Morgan fingerprint density at radius 1 is 1.23 bits per heavy atom. The molecule has 0 saturated carbocycles. The summed E-state index contributed by atoms with van der Waals surface area (Å²) in [5.74, 6) is -1.88. The molecule has 0 aliphatic rings. The van der Waals surface area contributed by atoms with E-state index in [1.54, 1.807) is 20.8 Å². The van der Waals surface area contributed by atoms with E-state index >= 15 is 0 Å². The first-order valence-electron chi connectivity index (χ1n) is 6.58. The summed E-state index contributed by atoms with van der Waals surface area (Å²) in [7, 11) is 0. The fraction of sp³-hybridized carbons (Fsp3) is 0.400. The second kappa shape index (κ2) is 7.53. The van der Waals surface area contributed by atoms with Gasteiger partial charge in [0.05, 0.1) is 0 Å². The van der Waals surface area contributed by atoms with Crippen LogP contribution in [0.25, 0.3) is 0 Å². The number of esters is 1. The lowest BCUT2D eigenvalue weighted by Gasteiger charge is -2.19. The van der Waals surface area contributed by atoms with Gasteiger partial charge in [-0.25, -0.2) is 9.18 Å². The van der Waals surface area contributed by atoms with E-state index in [1.807, 2.05) is 0 Å². The van der Waals surface area contributed by atoms with Crippen molar-refractivity contribution in [3.8, 4) is 0 Å². The van der Waals surface area contributed by atoms with Crippen LogP contribution in [0.15, 0.2) is 24.3 Å². The molecular weight excluding hydrogens is 293 g/mol. The normalized spacial score (nSPS) is 10.7. The van der Waals surface area contributed by atoms with Gasteiger partial charge in [-0.1, -0.05) is 12.1 Å². The predicted molar refractivity (Wildman–Crippen MR) is 75.9 cm³/mol. The van der Waals surface area contributed by atoms with E-state index in [1.165, 1.54) is 18.2 Å². The molecule has 1 rings (SSSR count). The van der Waals surface area contributed by atoms with Gasteiger partial charge < -0.3 is 14.8 Å². The van der Waals surface area contributed by atoms with E-state index in [0.29, 0.717) is 0 Å². The van der Waals surface area contributed by atoms with Crippen LogP contribution < -0.4 is 5.32 Å². The highest BCUT2D eigenvalue weighted by Crippen LogP contribution is 2.06. The molecule has 1 amide bonds. The maximum atomic E-state index is 12.9. The number of benzene rings is 1. The zero-order valence-corrected chi connectivity index (χ0v) is 12.6. The molecule has 0 aliphatic carbocycles. The zero-order valence-electron chi connectivity index (χ0n) is 12.6. The average Bonchev–Trinajstić information content (AvgIpc) is 2.40. The number of hydrogen-bond donors (Lipinski definition) is 1. The second-order valence-electron chi connectivity index (χ2n) is 5.45. The van der Waals surface area contributed by atoms with Gasteiger partial charge in [0.1, 0.15) is 18.0 Å². The Morgan fingerprint density at radius 2 is 1.91 bits per heavy atom. The van der Waals surface area contributed by atoms with E-state index in [0.717, 1.165) is 6.07 Å². The van der Waals surface area contributed by atoms with Gasteiger partial charge in [0, 0.05) is 5.56 Å². The molecule has 0 fully saturated rings. The van der Waals surface area contributed by atoms with Gasteiger partial charge in [-0.05, 0) is 32.9 Å². The highest BCUT2D eigenvalue weighted by atomic mass is 19.1. The first-order chi connectivity index (χ1) is 10.2. The minimum Gasteiger partial charge on any atom is -0.456 e. The summed E-state index contributed by atoms with van der Waals surface area (Å²) in [4.78, 5) is 34.4. The van der Waals surface area contributed by atoms with Crippen molar-refractivity contribution in [2.24, 2.45) is 0 Å². The number of halogens is 1. The van der Waals surface area contributed by atoms with Gasteiger partial charge in [-0.3, -0.25) is 9.59 Å². The SMILES string of the molecule is CC(C)(C)OC(=O)NCC(=O)OCC(=O)c1cccc(F)c1. The van der Waals surface area contributed by atoms with Crippen LogP contribution in [0.3, 0.4) is 0 Å². The number of nitrogens with one attached hydrogen (secondary N) is 1. The van der Waals surface area contributed by atoms with Crippen molar-refractivity contribution >= 4 is 17.8 Å². The van der Waals surface area contributed by atoms with Gasteiger partial charge >= 0.3 is 12.1 Å².